The molecule has 72 valence electrons. The lowest BCUT2D eigenvalue weighted by molar-refractivity contribution is -0.136. The van der Waals surface area contributed by atoms with Crippen LogP contribution >= 0.6 is 11.3 Å². The number of carboxylic acids is 1. The molecule has 0 radical (unpaired) electrons. The molecule has 1 heterocycles. The van der Waals surface area contributed by atoms with Crippen molar-refractivity contribution in [1.29, 1.82) is 0 Å². The third-order valence-electron chi connectivity index (χ3n) is 1.53. The van der Waals surface area contributed by atoms with Gasteiger partial charge in [0.25, 0.3) is 0 Å². The Labute approximate surface area is 81.6 Å². The van der Waals surface area contributed by atoms with Crippen LogP contribution in [0.1, 0.15) is 10.4 Å². The summed E-state index contributed by atoms with van der Waals surface area (Å²) in [5.74, 6) is -0.766. The van der Waals surface area contributed by atoms with Gasteiger partial charge in [-0.05, 0) is 31.1 Å². The van der Waals surface area contributed by atoms with Crippen LogP contribution in [-0.2, 0) is 17.8 Å². The van der Waals surface area contributed by atoms with Crippen molar-refractivity contribution in [3.05, 3.63) is 21.9 Å². The van der Waals surface area contributed by atoms with E-state index in [9.17, 15) is 4.79 Å². The fourth-order valence-electron chi connectivity index (χ4n) is 1.12. The molecule has 1 aromatic rings. The van der Waals surface area contributed by atoms with Gasteiger partial charge in [0.1, 0.15) is 0 Å². The van der Waals surface area contributed by atoms with Crippen LogP contribution in [0.5, 0.6) is 0 Å². The molecule has 0 atom stereocenters. The molecule has 13 heavy (non-hydrogen) atoms. The highest BCUT2D eigenvalue weighted by atomic mass is 32.1. The van der Waals surface area contributed by atoms with Gasteiger partial charge in [-0.1, -0.05) is 0 Å². The molecule has 0 bridgehead atoms. The van der Waals surface area contributed by atoms with Crippen molar-refractivity contribution in [3.8, 4) is 0 Å². The van der Waals surface area contributed by atoms with Gasteiger partial charge >= 0.3 is 5.97 Å². The zero-order valence-corrected chi connectivity index (χ0v) is 8.60. The maximum atomic E-state index is 10.4. The number of aliphatic carboxylic acids is 1. The molecule has 0 aliphatic rings. The highest BCUT2D eigenvalue weighted by molar-refractivity contribution is 7.10. The van der Waals surface area contributed by atoms with Crippen molar-refractivity contribution in [2.75, 3.05) is 14.1 Å². The first-order valence-electron chi connectivity index (χ1n) is 4.00. The summed E-state index contributed by atoms with van der Waals surface area (Å²) in [6.07, 6.45) is 0.137. The monoisotopic (exact) mass is 199 g/mol. The highest BCUT2D eigenvalue weighted by Gasteiger charge is 2.04. The number of hydrogen-bond acceptors (Lipinski definition) is 3. The largest absolute Gasteiger partial charge is 0.481 e. The zero-order valence-electron chi connectivity index (χ0n) is 7.78. The molecule has 0 aliphatic carbocycles. The van der Waals surface area contributed by atoms with Crippen LogP contribution in [0.3, 0.4) is 0 Å². The van der Waals surface area contributed by atoms with Gasteiger partial charge in [0.15, 0.2) is 0 Å². The second kappa shape index (κ2) is 4.39. The fourth-order valence-corrected chi connectivity index (χ4v) is 1.99. The first-order valence-corrected chi connectivity index (χ1v) is 4.88. The molecule has 0 unspecified atom stereocenters. The lowest BCUT2D eigenvalue weighted by Crippen LogP contribution is -2.09. The SMILES string of the molecule is CN(C)Cc1csc(CC(=O)O)c1. The predicted octanol–water partition coefficient (Wildman–Crippen LogP) is 1.44. The Bertz CT molecular complexity index is 294. The molecule has 1 rings (SSSR count). The average Bonchev–Trinajstić information content (AvgIpc) is 2.33. The van der Waals surface area contributed by atoms with Gasteiger partial charge < -0.3 is 10.0 Å². The molecule has 0 saturated heterocycles. The highest BCUT2D eigenvalue weighted by Crippen LogP contribution is 2.16. The number of carboxylic acid groups (broad SMARTS) is 1. The van der Waals surface area contributed by atoms with Crippen molar-refractivity contribution in [1.82, 2.24) is 4.90 Å². The van der Waals surface area contributed by atoms with Crippen LogP contribution in [0.2, 0.25) is 0 Å². The molecule has 1 aromatic heterocycles. The molecule has 0 spiro atoms. The zero-order chi connectivity index (χ0) is 9.84. The fraction of sp³-hybridized carbons (Fsp3) is 0.444. The van der Waals surface area contributed by atoms with Gasteiger partial charge in [-0.3, -0.25) is 4.79 Å². The van der Waals surface area contributed by atoms with Gasteiger partial charge in [-0.15, -0.1) is 11.3 Å². The van der Waals surface area contributed by atoms with E-state index < -0.39 is 5.97 Å². The first-order chi connectivity index (χ1) is 6.08. The molecule has 0 amide bonds. The van der Waals surface area contributed by atoms with Crippen LogP contribution in [-0.4, -0.2) is 30.1 Å². The lowest BCUT2D eigenvalue weighted by Gasteiger charge is -2.06. The summed E-state index contributed by atoms with van der Waals surface area (Å²) in [6, 6.07) is 1.96. The molecular weight excluding hydrogens is 186 g/mol. The summed E-state index contributed by atoms with van der Waals surface area (Å²) in [4.78, 5) is 13.4. The minimum atomic E-state index is -0.766. The number of rotatable bonds is 4. The third kappa shape index (κ3) is 3.57. The molecule has 4 heteroatoms. The Morgan fingerprint density at radius 1 is 1.62 bits per heavy atom. The Hall–Kier alpha value is -0.870. The normalized spacial score (nSPS) is 10.7. The number of nitrogens with zero attached hydrogens (tertiary/aromatic N) is 1. The van der Waals surface area contributed by atoms with Gasteiger partial charge in [0.2, 0.25) is 0 Å². The van der Waals surface area contributed by atoms with Crippen LogP contribution in [0.15, 0.2) is 11.4 Å². The lowest BCUT2D eigenvalue weighted by atomic mass is 10.2. The van der Waals surface area contributed by atoms with Crippen molar-refractivity contribution in [2.24, 2.45) is 0 Å². The van der Waals surface area contributed by atoms with Gasteiger partial charge in [0.05, 0.1) is 6.42 Å². The molecular formula is C9H13NO2S. The Kier molecular flexibility index (Phi) is 3.45. The molecule has 0 saturated carbocycles. The van der Waals surface area contributed by atoms with Gasteiger partial charge in [-0.25, -0.2) is 0 Å². The smallest absolute Gasteiger partial charge is 0.308 e. The summed E-state index contributed by atoms with van der Waals surface area (Å²) >= 11 is 1.51. The minimum absolute atomic E-state index is 0.137. The van der Waals surface area contributed by atoms with E-state index in [-0.39, 0.29) is 6.42 Å². The van der Waals surface area contributed by atoms with Crippen molar-refractivity contribution < 1.29 is 9.90 Å². The number of thiophene rings is 1. The van der Waals surface area contributed by atoms with Crippen LogP contribution in [0.25, 0.3) is 0 Å². The van der Waals surface area contributed by atoms with E-state index in [1.54, 1.807) is 0 Å². The van der Waals surface area contributed by atoms with Crippen molar-refractivity contribution >= 4 is 17.3 Å². The van der Waals surface area contributed by atoms with E-state index >= 15 is 0 Å². The summed E-state index contributed by atoms with van der Waals surface area (Å²) in [5, 5.41) is 10.6. The number of hydrogen-bond donors (Lipinski definition) is 1. The molecule has 3 nitrogen and oxygen atoms in total. The summed E-state index contributed by atoms with van der Waals surface area (Å²) in [6.45, 7) is 0.871. The summed E-state index contributed by atoms with van der Waals surface area (Å²) < 4.78 is 0. The molecule has 0 fully saturated rings. The van der Waals surface area contributed by atoms with E-state index in [0.29, 0.717) is 0 Å². The average molecular weight is 199 g/mol. The molecule has 0 aliphatic heterocycles. The molecule has 0 aromatic carbocycles. The maximum absolute atomic E-state index is 10.4. The van der Waals surface area contributed by atoms with E-state index in [4.69, 9.17) is 5.11 Å². The van der Waals surface area contributed by atoms with Gasteiger partial charge in [-0.2, -0.15) is 0 Å². The van der Waals surface area contributed by atoms with E-state index in [1.165, 1.54) is 16.9 Å². The number of carbonyl (C=O) groups is 1. The van der Waals surface area contributed by atoms with Gasteiger partial charge in [0, 0.05) is 11.4 Å². The van der Waals surface area contributed by atoms with Crippen molar-refractivity contribution in [3.63, 3.8) is 0 Å². The third-order valence-corrected chi connectivity index (χ3v) is 2.52. The second-order valence-electron chi connectivity index (χ2n) is 3.23. The van der Waals surface area contributed by atoms with E-state index in [1.807, 2.05) is 25.5 Å². The van der Waals surface area contributed by atoms with Crippen LogP contribution in [0, 0.1) is 0 Å². The Morgan fingerprint density at radius 3 is 2.85 bits per heavy atom. The second-order valence-corrected chi connectivity index (χ2v) is 4.23. The van der Waals surface area contributed by atoms with Crippen molar-refractivity contribution in [2.45, 2.75) is 13.0 Å². The summed E-state index contributed by atoms with van der Waals surface area (Å²) in [5.41, 5.74) is 1.19. The summed E-state index contributed by atoms with van der Waals surface area (Å²) in [7, 11) is 3.99. The van der Waals surface area contributed by atoms with E-state index in [2.05, 4.69) is 4.90 Å². The minimum Gasteiger partial charge on any atom is -0.481 e. The first kappa shape index (κ1) is 10.2. The molecule has 1 N–H and O–H groups in total. The Morgan fingerprint density at radius 2 is 2.31 bits per heavy atom. The van der Waals surface area contributed by atoms with E-state index in [0.717, 1.165) is 11.4 Å². The quantitative estimate of drug-likeness (QED) is 0.797. The van der Waals surface area contributed by atoms with Crippen LogP contribution in [0.4, 0.5) is 0 Å². The van der Waals surface area contributed by atoms with Crippen LogP contribution < -0.4 is 0 Å². The Balaban J connectivity index is 2.58. The predicted molar refractivity (Wildman–Crippen MR) is 53.0 cm³/mol. The topological polar surface area (TPSA) is 40.5 Å². The standard InChI is InChI=1S/C9H13NO2S/c1-10(2)5-7-3-8(13-6-7)4-9(11)12/h3,6H,4-5H2,1-2H3,(H,11,12). The maximum Gasteiger partial charge on any atom is 0.308 e.